The van der Waals surface area contributed by atoms with E-state index in [-0.39, 0.29) is 28.0 Å². The molecule has 1 saturated carbocycles. The minimum Gasteiger partial charge on any atom is -0.367 e. The first kappa shape index (κ1) is 18.4. The smallest absolute Gasteiger partial charge is 0.246 e. The SMILES string of the molecule is O=C1C(N2CCCCC2)=C(S(=O)(=O)NC2CCCC2)C(=O)c2ccccc21. The number of ketones is 2. The number of sulfonamides is 1. The van der Waals surface area contributed by atoms with Crippen molar-refractivity contribution < 1.29 is 18.0 Å². The number of hydrogen-bond donors (Lipinski definition) is 1. The molecule has 2 fully saturated rings. The standard InChI is InChI=1S/C20H24N2O4S/c23-18-15-10-4-5-11-16(15)19(24)20(17(18)22-12-6-1-7-13-22)27(25,26)21-14-8-2-3-9-14/h4-5,10-11,14,21H,1-3,6-9,12-13H2. The number of carbonyl (C=O) groups is 2. The highest BCUT2D eigenvalue weighted by molar-refractivity contribution is 7.94. The monoisotopic (exact) mass is 388 g/mol. The van der Waals surface area contributed by atoms with Crippen LogP contribution >= 0.6 is 0 Å². The van der Waals surface area contributed by atoms with Crippen LogP contribution in [0, 0.1) is 0 Å². The van der Waals surface area contributed by atoms with E-state index in [4.69, 9.17) is 0 Å². The molecule has 144 valence electrons. The zero-order chi connectivity index (χ0) is 19.0. The van der Waals surface area contributed by atoms with Gasteiger partial charge in [0.05, 0.1) is 0 Å². The summed E-state index contributed by atoms with van der Waals surface area (Å²) in [6, 6.07) is 6.34. The lowest BCUT2D eigenvalue weighted by atomic mass is 9.91. The van der Waals surface area contributed by atoms with Crippen LogP contribution in [0.1, 0.15) is 65.7 Å². The second-order valence-corrected chi connectivity index (χ2v) is 9.18. The fourth-order valence-electron chi connectivity index (χ4n) is 4.32. The molecule has 3 aliphatic rings. The summed E-state index contributed by atoms with van der Waals surface area (Å²) in [4.78, 5) is 27.8. The van der Waals surface area contributed by atoms with Gasteiger partial charge < -0.3 is 4.90 Å². The summed E-state index contributed by atoms with van der Waals surface area (Å²) in [7, 11) is -4.07. The number of likely N-dealkylation sites (tertiary alicyclic amines) is 1. The number of Topliss-reactive ketones (excluding diaryl/α,β-unsaturated/α-hetero) is 2. The molecule has 1 aromatic carbocycles. The van der Waals surface area contributed by atoms with Gasteiger partial charge in [0.25, 0.3) is 0 Å². The third-order valence-electron chi connectivity index (χ3n) is 5.67. The van der Waals surface area contributed by atoms with Crippen LogP contribution < -0.4 is 4.72 Å². The lowest BCUT2D eigenvalue weighted by Gasteiger charge is -2.34. The number of fused-ring (bicyclic) bond motifs is 1. The molecule has 0 radical (unpaired) electrons. The van der Waals surface area contributed by atoms with Gasteiger partial charge in [-0.1, -0.05) is 37.1 Å². The molecule has 0 aromatic heterocycles. The summed E-state index contributed by atoms with van der Waals surface area (Å²) >= 11 is 0. The van der Waals surface area contributed by atoms with E-state index in [1.807, 2.05) is 0 Å². The largest absolute Gasteiger partial charge is 0.367 e. The molecule has 4 rings (SSSR count). The second kappa shape index (κ2) is 7.20. The number of benzene rings is 1. The number of nitrogens with one attached hydrogen (secondary N) is 1. The fraction of sp³-hybridized carbons (Fsp3) is 0.500. The lowest BCUT2D eigenvalue weighted by Crippen LogP contribution is -2.43. The summed E-state index contributed by atoms with van der Waals surface area (Å²) in [6.07, 6.45) is 6.30. The molecule has 7 heteroatoms. The Kier molecular flexibility index (Phi) is 4.90. The summed E-state index contributed by atoms with van der Waals surface area (Å²) < 4.78 is 29.1. The van der Waals surface area contributed by atoms with Crippen LogP contribution in [-0.4, -0.2) is 44.0 Å². The minimum absolute atomic E-state index is 0.0592. The Labute approximate surface area is 159 Å². The molecule has 0 bridgehead atoms. The van der Waals surface area contributed by atoms with Crippen molar-refractivity contribution in [3.05, 3.63) is 46.0 Å². The maximum atomic E-state index is 13.2. The number of nitrogens with zero attached hydrogens (tertiary/aromatic N) is 1. The van der Waals surface area contributed by atoms with Crippen LogP contribution in [0.4, 0.5) is 0 Å². The molecule has 1 heterocycles. The van der Waals surface area contributed by atoms with Crippen molar-refractivity contribution in [2.75, 3.05) is 13.1 Å². The van der Waals surface area contributed by atoms with Crippen molar-refractivity contribution in [1.29, 1.82) is 0 Å². The van der Waals surface area contributed by atoms with Gasteiger partial charge in [-0.05, 0) is 32.1 Å². The van der Waals surface area contributed by atoms with Gasteiger partial charge in [-0.25, -0.2) is 13.1 Å². The van der Waals surface area contributed by atoms with Gasteiger partial charge in [0, 0.05) is 30.3 Å². The maximum Gasteiger partial charge on any atom is 0.246 e. The van der Waals surface area contributed by atoms with Crippen LogP contribution in [0.5, 0.6) is 0 Å². The molecule has 0 atom stereocenters. The maximum absolute atomic E-state index is 13.2. The number of rotatable bonds is 4. The Morgan fingerprint density at radius 2 is 1.44 bits per heavy atom. The van der Waals surface area contributed by atoms with Crippen molar-refractivity contribution in [2.24, 2.45) is 0 Å². The first-order valence-electron chi connectivity index (χ1n) is 9.69. The van der Waals surface area contributed by atoms with E-state index in [0.717, 1.165) is 44.9 Å². The number of piperidine rings is 1. The highest BCUT2D eigenvalue weighted by Crippen LogP contribution is 2.33. The van der Waals surface area contributed by atoms with Gasteiger partial charge in [-0.2, -0.15) is 0 Å². The van der Waals surface area contributed by atoms with Crippen LogP contribution in [0.15, 0.2) is 34.9 Å². The fourth-order valence-corrected chi connectivity index (χ4v) is 5.94. The number of allylic oxidation sites excluding steroid dienone is 2. The highest BCUT2D eigenvalue weighted by atomic mass is 32.2. The van der Waals surface area contributed by atoms with E-state index >= 15 is 0 Å². The third-order valence-corrected chi connectivity index (χ3v) is 7.23. The van der Waals surface area contributed by atoms with Crippen LogP contribution in [0.2, 0.25) is 0 Å². The van der Waals surface area contributed by atoms with E-state index in [1.165, 1.54) is 6.07 Å². The van der Waals surface area contributed by atoms with Gasteiger partial charge in [0.1, 0.15) is 5.70 Å². The summed E-state index contributed by atoms with van der Waals surface area (Å²) in [6.45, 7) is 1.19. The van der Waals surface area contributed by atoms with Crippen LogP contribution in [0.3, 0.4) is 0 Å². The first-order valence-corrected chi connectivity index (χ1v) is 11.2. The molecule has 6 nitrogen and oxygen atoms in total. The molecule has 27 heavy (non-hydrogen) atoms. The van der Waals surface area contributed by atoms with Gasteiger partial charge in [-0.3, -0.25) is 9.59 Å². The molecule has 1 aliphatic heterocycles. The molecule has 0 spiro atoms. The Morgan fingerprint density at radius 1 is 0.852 bits per heavy atom. The van der Waals surface area contributed by atoms with Crippen LogP contribution in [-0.2, 0) is 10.0 Å². The number of carbonyl (C=O) groups excluding carboxylic acids is 2. The molecule has 0 unspecified atom stereocenters. The van der Waals surface area contributed by atoms with Gasteiger partial charge in [-0.15, -0.1) is 0 Å². The quantitative estimate of drug-likeness (QED) is 0.857. The predicted molar refractivity (Wildman–Crippen MR) is 102 cm³/mol. The first-order chi connectivity index (χ1) is 13.0. The van der Waals surface area contributed by atoms with E-state index < -0.39 is 15.8 Å². The average molecular weight is 388 g/mol. The van der Waals surface area contributed by atoms with Crippen LogP contribution in [0.25, 0.3) is 0 Å². The Bertz CT molecular complexity index is 908. The van der Waals surface area contributed by atoms with Gasteiger partial charge >= 0.3 is 0 Å². The minimum atomic E-state index is -4.07. The van der Waals surface area contributed by atoms with Gasteiger partial charge in [0.15, 0.2) is 4.91 Å². The molecular weight excluding hydrogens is 364 g/mol. The van der Waals surface area contributed by atoms with Gasteiger partial charge in [0.2, 0.25) is 21.6 Å². The molecular formula is C20H24N2O4S. The van der Waals surface area contributed by atoms with E-state index in [1.54, 1.807) is 23.1 Å². The molecule has 1 saturated heterocycles. The third kappa shape index (κ3) is 3.34. The zero-order valence-electron chi connectivity index (χ0n) is 15.2. The molecule has 1 aromatic rings. The lowest BCUT2D eigenvalue weighted by molar-refractivity contribution is 0.0939. The normalized spacial score (nSPS) is 21.7. The van der Waals surface area contributed by atoms with Crippen molar-refractivity contribution in [1.82, 2.24) is 9.62 Å². The van der Waals surface area contributed by atoms with Crippen molar-refractivity contribution in [3.8, 4) is 0 Å². The Morgan fingerprint density at radius 3 is 2.07 bits per heavy atom. The molecule has 1 N–H and O–H groups in total. The molecule has 0 amide bonds. The number of hydrogen-bond acceptors (Lipinski definition) is 5. The van der Waals surface area contributed by atoms with Crippen molar-refractivity contribution in [3.63, 3.8) is 0 Å². The second-order valence-electron chi connectivity index (χ2n) is 7.53. The van der Waals surface area contributed by atoms with E-state index in [2.05, 4.69) is 4.72 Å². The predicted octanol–water partition coefficient (Wildman–Crippen LogP) is 2.63. The summed E-state index contributed by atoms with van der Waals surface area (Å²) in [5.41, 5.74) is 0.529. The van der Waals surface area contributed by atoms with Crippen molar-refractivity contribution >= 4 is 21.6 Å². The average Bonchev–Trinajstić information content (AvgIpc) is 3.17. The highest BCUT2D eigenvalue weighted by Gasteiger charge is 2.42. The van der Waals surface area contributed by atoms with E-state index in [9.17, 15) is 18.0 Å². The van der Waals surface area contributed by atoms with Crippen molar-refractivity contribution in [2.45, 2.75) is 51.0 Å². The topological polar surface area (TPSA) is 83.6 Å². The summed E-state index contributed by atoms with van der Waals surface area (Å²) in [5, 5.41) is 0. The Balaban J connectivity index is 1.83. The molecule has 2 aliphatic carbocycles. The zero-order valence-corrected chi connectivity index (χ0v) is 16.1. The Hall–Kier alpha value is -1.99. The van der Waals surface area contributed by atoms with E-state index in [0.29, 0.717) is 18.7 Å². The summed E-state index contributed by atoms with van der Waals surface area (Å²) in [5.74, 6) is -0.935.